The number of fused-ring (bicyclic) bond motifs is 1. The second-order valence-electron chi connectivity index (χ2n) is 2.83. The highest BCUT2D eigenvalue weighted by atomic mass is 16.5. The lowest BCUT2D eigenvalue weighted by molar-refractivity contribution is 0.0590. The molecule has 76 valence electrons. The quantitative estimate of drug-likeness (QED) is 0.548. The molecular weight excluding hydrogens is 198 g/mol. The molecule has 0 radical (unpaired) electrons. The van der Waals surface area contributed by atoms with E-state index in [0.29, 0.717) is 10.9 Å². The van der Waals surface area contributed by atoms with Gasteiger partial charge in [-0.1, -0.05) is 18.2 Å². The third kappa shape index (κ3) is 1.35. The maximum absolute atomic E-state index is 11.4. The highest BCUT2D eigenvalue weighted by molar-refractivity contribution is 6.02. The van der Waals surface area contributed by atoms with E-state index in [9.17, 15) is 9.70 Å². The summed E-state index contributed by atoms with van der Waals surface area (Å²) in [7, 11) is 1.24. The summed E-state index contributed by atoms with van der Waals surface area (Å²) in [6, 6.07) is 6.86. The molecule has 0 amide bonds. The van der Waals surface area contributed by atoms with E-state index in [1.165, 1.54) is 7.11 Å². The monoisotopic (exact) mass is 205 g/mol. The van der Waals surface area contributed by atoms with Gasteiger partial charge < -0.3 is 4.74 Å². The topological polar surface area (TPSA) is 73.5 Å². The minimum Gasteiger partial charge on any atom is -0.464 e. The molecule has 0 N–H and O–H groups in total. The third-order valence-electron chi connectivity index (χ3n) is 2.02. The van der Waals surface area contributed by atoms with E-state index >= 15 is 0 Å². The van der Waals surface area contributed by atoms with Crippen LogP contribution in [0.25, 0.3) is 10.9 Å². The van der Waals surface area contributed by atoms with Crippen molar-refractivity contribution in [2.75, 3.05) is 7.11 Å². The summed E-state index contributed by atoms with van der Waals surface area (Å²) in [5.74, 6) is -0.636. The predicted molar refractivity (Wildman–Crippen MR) is 52.3 cm³/mol. The van der Waals surface area contributed by atoms with E-state index in [1.807, 2.05) is 0 Å². The number of methoxy groups -OCH3 is 1. The van der Waals surface area contributed by atoms with E-state index < -0.39 is 5.97 Å². The second kappa shape index (κ2) is 3.49. The van der Waals surface area contributed by atoms with Crippen LogP contribution in [0.15, 0.2) is 29.6 Å². The van der Waals surface area contributed by atoms with Crippen LogP contribution in [0.3, 0.4) is 0 Å². The normalized spacial score (nSPS) is 10.2. The van der Waals surface area contributed by atoms with Gasteiger partial charge in [-0.05, 0) is 6.07 Å². The molecule has 0 aliphatic carbocycles. The van der Waals surface area contributed by atoms with E-state index in [0.717, 1.165) is 4.79 Å². The highest BCUT2D eigenvalue weighted by Gasteiger charge is 2.19. The molecule has 0 fully saturated rings. The van der Waals surface area contributed by atoms with Crippen molar-refractivity contribution in [1.29, 1.82) is 0 Å². The minimum atomic E-state index is -0.636. The number of carbonyl (C=O) groups excluding carboxylic acids is 1. The molecule has 6 heteroatoms. The summed E-state index contributed by atoms with van der Waals surface area (Å²) >= 11 is 0. The van der Waals surface area contributed by atoms with Gasteiger partial charge >= 0.3 is 5.97 Å². The van der Waals surface area contributed by atoms with Crippen molar-refractivity contribution < 1.29 is 9.53 Å². The fourth-order valence-electron chi connectivity index (χ4n) is 1.37. The summed E-state index contributed by atoms with van der Waals surface area (Å²) in [6.07, 6.45) is 0. The first-order valence-electron chi connectivity index (χ1n) is 4.17. The van der Waals surface area contributed by atoms with E-state index in [1.54, 1.807) is 24.3 Å². The summed E-state index contributed by atoms with van der Waals surface area (Å²) < 4.78 is 4.55. The van der Waals surface area contributed by atoms with Gasteiger partial charge in [-0.25, -0.2) is 4.79 Å². The number of ether oxygens (including phenoxy) is 1. The number of nitrogens with zero attached hydrogens (tertiary/aromatic N) is 3. The molecule has 2 aromatic rings. The molecule has 1 heterocycles. The summed E-state index contributed by atoms with van der Waals surface area (Å²) in [5, 5.41) is 7.01. The Morgan fingerprint density at radius 3 is 2.87 bits per heavy atom. The van der Waals surface area contributed by atoms with Gasteiger partial charge in [-0.3, -0.25) is 0 Å². The first kappa shape index (κ1) is 9.32. The van der Waals surface area contributed by atoms with Gasteiger partial charge in [-0.15, -0.1) is 14.8 Å². The van der Waals surface area contributed by atoms with Crippen LogP contribution in [-0.4, -0.2) is 23.0 Å². The number of rotatable bonds is 2. The fourth-order valence-corrected chi connectivity index (χ4v) is 1.37. The number of carbonyl (C=O) groups is 1. The lowest BCUT2D eigenvalue weighted by Crippen LogP contribution is -2.08. The lowest BCUT2D eigenvalue weighted by atomic mass is 10.2. The Balaban J connectivity index is 2.78. The van der Waals surface area contributed by atoms with Crippen LogP contribution in [0.1, 0.15) is 10.5 Å². The molecule has 0 saturated carbocycles. The lowest BCUT2D eigenvalue weighted by Gasteiger charge is -1.96. The van der Waals surface area contributed by atoms with Gasteiger partial charge in [0, 0.05) is 5.39 Å². The predicted octanol–water partition coefficient (Wildman–Crippen LogP) is 1.35. The smallest absolute Gasteiger partial charge is 0.359 e. The Hall–Kier alpha value is -2.24. The van der Waals surface area contributed by atoms with Gasteiger partial charge in [0.2, 0.25) is 0 Å². The Bertz CT molecular complexity index is 532. The molecule has 0 aliphatic heterocycles. The summed E-state index contributed by atoms with van der Waals surface area (Å²) in [5.41, 5.74) is 0.570. The molecular formula is C9H7N3O3. The maximum Gasteiger partial charge on any atom is 0.359 e. The number of esters is 1. The molecule has 0 spiro atoms. The van der Waals surface area contributed by atoms with Crippen molar-refractivity contribution in [3.8, 4) is 0 Å². The van der Waals surface area contributed by atoms with Crippen LogP contribution in [0.4, 0.5) is 0 Å². The first-order chi connectivity index (χ1) is 7.27. The zero-order valence-corrected chi connectivity index (χ0v) is 7.88. The Morgan fingerprint density at radius 2 is 2.20 bits per heavy atom. The molecule has 0 atom stereocenters. The van der Waals surface area contributed by atoms with Crippen molar-refractivity contribution in [2.24, 2.45) is 5.29 Å². The van der Waals surface area contributed by atoms with Crippen LogP contribution in [-0.2, 0) is 4.74 Å². The zero-order chi connectivity index (χ0) is 10.8. The molecule has 6 nitrogen and oxygen atoms in total. The Labute approximate surface area is 84.4 Å². The Kier molecular flexibility index (Phi) is 2.17. The van der Waals surface area contributed by atoms with Crippen molar-refractivity contribution in [3.05, 3.63) is 34.9 Å². The average molecular weight is 205 g/mol. The van der Waals surface area contributed by atoms with Gasteiger partial charge in [0.25, 0.3) is 0 Å². The largest absolute Gasteiger partial charge is 0.464 e. The molecule has 1 aromatic heterocycles. The van der Waals surface area contributed by atoms with Crippen LogP contribution >= 0.6 is 0 Å². The molecule has 1 aromatic carbocycles. The van der Waals surface area contributed by atoms with Gasteiger partial charge in [-0.2, -0.15) is 0 Å². The van der Waals surface area contributed by atoms with Gasteiger partial charge in [0.05, 0.1) is 17.9 Å². The SMILES string of the molecule is COC(=O)c1c2ccccc2nn1N=O. The first-order valence-corrected chi connectivity index (χ1v) is 4.17. The van der Waals surface area contributed by atoms with Crippen LogP contribution < -0.4 is 0 Å². The number of hydrogen-bond donors (Lipinski definition) is 0. The van der Waals surface area contributed by atoms with Crippen LogP contribution in [0.2, 0.25) is 0 Å². The third-order valence-corrected chi connectivity index (χ3v) is 2.02. The van der Waals surface area contributed by atoms with Crippen LogP contribution in [0, 0.1) is 4.91 Å². The Morgan fingerprint density at radius 1 is 1.47 bits per heavy atom. The average Bonchev–Trinajstić information content (AvgIpc) is 2.66. The number of nitroso groups, excluding NO2 is 1. The van der Waals surface area contributed by atoms with E-state index in [4.69, 9.17) is 0 Å². The molecule has 0 saturated heterocycles. The van der Waals surface area contributed by atoms with Gasteiger partial charge in [0.1, 0.15) is 0 Å². The molecule has 0 bridgehead atoms. The van der Waals surface area contributed by atoms with E-state index in [-0.39, 0.29) is 5.69 Å². The number of benzene rings is 1. The zero-order valence-electron chi connectivity index (χ0n) is 7.88. The molecule has 0 aliphatic rings. The summed E-state index contributed by atoms with van der Waals surface area (Å²) in [6.45, 7) is 0. The van der Waals surface area contributed by atoms with Crippen molar-refractivity contribution in [1.82, 2.24) is 9.89 Å². The molecule has 2 rings (SSSR count). The molecule has 0 unspecified atom stereocenters. The molecule has 15 heavy (non-hydrogen) atoms. The highest BCUT2D eigenvalue weighted by Crippen LogP contribution is 2.18. The van der Waals surface area contributed by atoms with E-state index in [2.05, 4.69) is 15.1 Å². The number of aromatic nitrogens is 2. The summed E-state index contributed by atoms with van der Waals surface area (Å²) in [4.78, 5) is 22.6. The second-order valence-corrected chi connectivity index (χ2v) is 2.83. The standard InChI is InChI=1S/C9H7N3O3/c1-15-9(13)8-6-4-2-3-5-7(6)10-12(8)11-14/h2-5H,1H3. The maximum atomic E-state index is 11.4. The number of hydrogen-bond acceptors (Lipinski definition) is 5. The van der Waals surface area contributed by atoms with Gasteiger partial charge in [0.15, 0.2) is 5.69 Å². The minimum absolute atomic E-state index is 0.0445. The van der Waals surface area contributed by atoms with Crippen LogP contribution in [0.5, 0.6) is 0 Å². The van der Waals surface area contributed by atoms with Crippen molar-refractivity contribution in [3.63, 3.8) is 0 Å². The van der Waals surface area contributed by atoms with Crippen molar-refractivity contribution in [2.45, 2.75) is 0 Å². The fraction of sp³-hybridized carbons (Fsp3) is 0.111. The van der Waals surface area contributed by atoms with Crippen molar-refractivity contribution >= 4 is 16.9 Å².